The maximum absolute atomic E-state index is 11.8. The molecular formula is C12H13NO4. The second kappa shape index (κ2) is 4.45. The van der Waals surface area contributed by atoms with Gasteiger partial charge in [0.2, 0.25) is 0 Å². The third-order valence-corrected chi connectivity index (χ3v) is 2.72. The van der Waals surface area contributed by atoms with Crippen LogP contribution in [0.15, 0.2) is 18.2 Å². The molecule has 5 nitrogen and oxygen atoms in total. The molecule has 1 saturated heterocycles. The van der Waals surface area contributed by atoms with Gasteiger partial charge in [0.25, 0.3) is 5.91 Å². The van der Waals surface area contributed by atoms with Crippen LogP contribution in [0, 0.1) is 6.92 Å². The fraction of sp³-hybridized carbons (Fsp3) is 0.333. The zero-order valence-electron chi connectivity index (χ0n) is 9.40. The maximum Gasteiger partial charge on any atom is 0.328 e. The Morgan fingerprint density at radius 3 is 2.94 bits per heavy atom. The van der Waals surface area contributed by atoms with Crippen molar-refractivity contribution in [3.8, 4) is 5.75 Å². The van der Waals surface area contributed by atoms with Gasteiger partial charge in [-0.3, -0.25) is 4.79 Å². The molecule has 0 saturated carbocycles. The average Bonchev–Trinajstić information content (AvgIpc) is 2.68. The predicted molar refractivity (Wildman–Crippen MR) is 59.7 cm³/mol. The van der Waals surface area contributed by atoms with E-state index in [-0.39, 0.29) is 11.3 Å². The third kappa shape index (κ3) is 2.22. The van der Waals surface area contributed by atoms with Crippen LogP contribution in [0.5, 0.6) is 5.75 Å². The highest BCUT2D eigenvalue weighted by atomic mass is 16.5. The first-order chi connectivity index (χ1) is 8.09. The van der Waals surface area contributed by atoms with E-state index < -0.39 is 17.9 Å². The van der Waals surface area contributed by atoms with Crippen LogP contribution in [0.4, 0.5) is 0 Å². The average molecular weight is 235 g/mol. The van der Waals surface area contributed by atoms with Crippen molar-refractivity contribution in [2.24, 2.45) is 0 Å². The summed E-state index contributed by atoms with van der Waals surface area (Å²) in [7, 11) is 0. The van der Waals surface area contributed by atoms with E-state index in [9.17, 15) is 14.7 Å². The number of aryl methyl sites for hydroxylation is 1. The van der Waals surface area contributed by atoms with Crippen molar-refractivity contribution in [2.45, 2.75) is 19.4 Å². The number of hydrogen-bond donors (Lipinski definition) is 2. The Balaban J connectivity index is 2.14. The fourth-order valence-electron chi connectivity index (χ4n) is 1.71. The number of para-hydroxylation sites is 1. The Morgan fingerprint density at radius 1 is 1.53 bits per heavy atom. The number of aromatic hydroxyl groups is 1. The molecule has 2 N–H and O–H groups in total. The smallest absolute Gasteiger partial charge is 0.328 e. The van der Waals surface area contributed by atoms with Crippen LogP contribution in [0.1, 0.15) is 22.3 Å². The van der Waals surface area contributed by atoms with Gasteiger partial charge in [0.15, 0.2) is 0 Å². The molecule has 1 amide bonds. The number of phenols is 1. The maximum atomic E-state index is 11.8. The van der Waals surface area contributed by atoms with Crippen molar-refractivity contribution in [1.82, 2.24) is 5.32 Å². The highest BCUT2D eigenvalue weighted by molar-refractivity contribution is 5.99. The second-order valence-corrected chi connectivity index (χ2v) is 3.95. The van der Waals surface area contributed by atoms with E-state index >= 15 is 0 Å². The number of amides is 1. The van der Waals surface area contributed by atoms with Crippen LogP contribution >= 0.6 is 0 Å². The number of phenolic OH excluding ortho intramolecular Hbond substituents is 1. The molecule has 0 aromatic heterocycles. The molecule has 0 radical (unpaired) electrons. The minimum absolute atomic E-state index is 0.0589. The first-order valence-corrected chi connectivity index (χ1v) is 5.35. The minimum Gasteiger partial charge on any atom is -0.507 e. The highest BCUT2D eigenvalue weighted by Gasteiger charge is 2.28. The van der Waals surface area contributed by atoms with Gasteiger partial charge < -0.3 is 15.2 Å². The van der Waals surface area contributed by atoms with Crippen molar-refractivity contribution >= 4 is 11.9 Å². The Labute approximate surface area is 98.4 Å². The SMILES string of the molecule is Cc1cccc(C(=O)NC2CCOC2=O)c1O. The van der Waals surface area contributed by atoms with Gasteiger partial charge in [-0.2, -0.15) is 0 Å². The molecule has 1 heterocycles. The molecule has 17 heavy (non-hydrogen) atoms. The monoisotopic (exact) mass is 235 g/mol. The van der Waals surface area contributed by atoms with Crippen molar-refractivity contribution in [2.75, 3.05) is 6.61 Å². The van der Waals surface area contributed by atoms with Crippen molar-refractivity contribution in [3.05, 3.63) is 29.3 Å². The number of benzene rings is 1. The lowest BCUT2D eigenvalue weighted by Gasteiger charge is -2.10. The highest BCUT2D eigenvalue weighted by Crippen LogP contribution is 2.21. The lowest BCUT2D eigenvalue weighted by molar-refractivity contribution is -0.139. The lowest BCUT2D eigenvalue weighted by atomic mass is 10.1. The molecule has 5 heteroatoms. The van der Waals surface area contributed by atoms with E-state index in [4.69, 9.17) is 4.74 Å². The summed E-state index contributed by atoms with van der Waals surface area (Å²) in [5, 5.41) is 12.3. The summed E-state index contributed by atoms with van der Waals surface area (Å²) in [6.07, 6.45) is 0.469. The lowest BCUT2D eigenvalue weighted by Crippen LogP contribution is -2.37. The van der Waals surface area contributed by atoms with Gasteiger partial charge >= 0.3 is 5.97 Å². The number of ether oxygens (including phenoxy) is 1. The van der Waals surface area contributed by atoms with E-state index in [0.717, 1.165) is 0 Å². The van der Waals surface area contributed by atoms with Gasteiger partial charge in [-0.1, -0.05) is 12.1 Å². The van der Waals surface area contributed by atoms with Gasteiger partial charge in [-0.25, -0.2) is 4.79 Å². The van der Waals surface area contributed by atoms with E-state index in [1.165, 1.54) is 6.07 Å². The summed E-state index contributed by atoms with van der Waals surface area (Å²) in [5.41, 5.74) is 0.788. The topological polar surface area (TPSA) is 75.6 Å². The molecule has 1 aliphatic heterocycles. The van der Waals surface area contributed by atoms with Crippen molar-refractivity contribution in [1.29, 1.82) is 0 Å². The number of esters is 1. The quantitative estimate of drug-likeness (QED) is 0.741. The zero-order valence-corrected chi connectivity index (χ0v) is 9.40. The molecule has 1 fully saturated rings. The normalized spacial score (nSPS) is 18.9. The van der Waals surface area contributed by atoms with Crippen molar-refractivity contribution in [3.63, 3.8) is 0 Å². The molecule has 2 rings (SSSR count). The molecule has 1 aromatic carbocycles. The van der Waals surface area contributed by atoms with Gasteiger partial charge in [-0.15, -0.1) is 0 Å². The summed E-state index contributed by atoms with van der Waals surface area (Å²) in [6.45, 7) is 2.03. The molecular weight excluding hydrogens is 222 g/mol. The van der Waals surface area contributed by atoms with Crippen LogP contribution in [-0.4, -0.2) is 29.6 Å². The van der Waals surface area contributed by atoms with E-state index in [1.807, 2.05) is 0 Å². The number of rotatable bonds is 2. The molecule has 1 atom stereocenters. The Hall–Kier alpha value is -2.04. The largest absolute Gasteiger partial charge is 0.507 e. The van der Waals surface area contributed by atoms with E-state index in [0.29, 0.717) is 18.6 Å². The molecule has 90 valence electrons. The first-order valence-electron chi connectivity index (χ1n) is 5.35. The zero-order chi connectivity index (χ0) is 12.4. The standard InChI is InChI=1S/C12H13NO4/c1-7-3-2-4-8(10(7)14)11(15)13-9-5-6-17-12(9)16/h2-4,9,14H,5-6H2,1H3,(H,13,15). The molecule has 0 spiro atoms. The number of nitrogens with one attached hydrogen (secondary N) is 1. The van der Waals surface area contributed by atoms with Gasteiger partial charge in [0, 0.05) is 6.42 Å². The molecule has 1 aliphatic rings. The summed E-state index contributed by atoms with van der Waals surface area (Å²) in [4.78, 5) is 23.0. The van der Waals surface area contributed by atoms with Crippen LogP contribution in [-0.2, 0) is 9.53 Å². The number of hydrogen-bond acceptors (Lipinski definition) is 4. The first kappa shape index (κ1) is 11.4. The van der Waals surface area contributed by atoms with E-state index in [1.54, 1.807) is 19.1 Å². The third-order valence-electron chi connectivity index (χ3n) is 2.72. The molecule has 0 aliphatic carbocycles. The summed E-state index contributed by atoms with van der Waals surface area (Å²) >= 11 is 0. The Kier molecular flexibility index (Phi) is 2.99. The number of carbonyl (C=O) groups excluding carboxylic acids is 2. The van der Waals surface area contributed by atoms with Crippen molar-refractivity contribution < 1.29 is 19.4 Å². The molecule has 1 unspecified atom stereocenters. The fourth-order valence-corrected chi connectivity index (χ4v) is 1.71. The van der Waals surface area contributed by atoms with E-state index in [2.05, 4.69) is 5.32 Å². The number of carbonyl (C=O) groups is 2. The number of cyclic esters (lactones) is 1. The molecule has 0 bridgehead atoms. The second-order valence-electron chi connectivity index (χ2n) is 3.95. The van der Waals surface area contributed by atoms with Crippen LogP contribution < -0.4 is 5.32 Å². The van der Waals surface area contributed by atoms with Gasteiger partial charge in [0.1, 0.15) is 11.8 Å². The van der Waals surface area contributed by atoms with Gasteiger partial charge in [-0.05, 0) is 18.6 Å². The van der Waals surface area contributed by atoms with Gasteiger partial charge in [0.05, 0.1) is 12.2 Å². The predicted octanol–water partition coefficient (Wildman–Crippen LogP) is 0.746. The summed E-state index contributed by atoms with van der Waals surface area (Å²) in [6, 6.07) is 4.28. The molecule has 1 aromatic rings. The summed E-state index contributed by atoms with van der Waals surface area (Å²) in [5.74, 6) is -0.947. The van der Waals surface area contributed by atoms with Crippen LogP contribution in [0.3, 0.4) is 0 Å². The van der Waals surface area contributed by atoms with Crippen LogP contribution in [0.25, 0.3) is 0 Å². The van der Waals surface area contributed by atoms with Crippen LogP contribution in [0.2, 0.25) is 0 Å². The summed E-state index contributed by atoms with van der Waals surface area (Å²) < 4.78 is 4.74. The minimum atomic E-state index is -0.609. The Morgan fingerprint density at radius 2 is 2.29 bits per heavy atom. The Bertz CT molecular complexity index is 470.